The van der Waals surface area contributed by atoms with Crippen LogP contribution < -0.4 is 9.75 Å². The number of anilines is 1. The Morgan fingerprint density at radius 3 is 2.62 bits per heavy atom. The van der Waals surface area contributed by atoms with Crippen molar-refractivity contribution < 1.29 is 28.6 Å². The van der Waals surface area contributed by atoms with Gasteiger partial charge in [0.2, 0.25) is 0 Å². The summed E-state index contributed by atoms with van der Waals surface area (Å²) in [5.74, 6) is 0.218. The monoisotopic (exact) mass is 371 g/mol. The topological polar surface area (TPSA) is 88.5 Å². The normalized spacial score (nSPS) is 23.7. The highest BCUT2D eigenvalue weighted by Crippen LogP contribution is 2.56. The Labute approximate surface area is 143 Å². The summed E-state index contributed by atoms with van der Waals surface area (Å²) in [5, 5.41) is 18.3. The molecule has 2 atom stereocenters. The average Bonchev–Trinajstić information content (AvgIpc) is 2.55. The van der Waals surface area contributed by atoms with Crippen molar-refractivity contribution in [1.82, 2.24) is 0 Å². The molecule has 1 fully saturated rings. The molecule has 0 unspecified atom stereocenters. The van der Waals surface area contributed by atoms with Crippen molar-refractivity contribution in [2.24, 2.45) is 0 Å². The van der Waals surface area contributed by atoms with Gasteiger partial charge in [0.05, 0.1) is 18.4 Å². The molecule has 24 heavy (non-hydrogen) atoms. The molecule has 3 rings (SSSR count). The first-order valence-electron chi connectivity index (χ1n) is 7.11. The third-order valence-electron chi connectivity index (χ3n) is 3.39. The highest BCUT2D eigenvalue weighted by Gasteiger charge is 2.37. The van der Waals surface area contributed by atoms with Gasteiger partial charge in [-0.3, -0.25) is 19.5 Å². The lowest BCUT2D eigenvalue weighted by Gasteiger charge is -2.29. The fourth-order valence-corrected chi connectivity index (χ4v) is 3.87. The molecule has 0 aliphatic carbocycles. The van der Waals surface area contributed by atoms with Crippen molar-refractivity contribution in [2.45, 2.75) is 12.5 Å². The zero-order chi connectivity index (χ0) is 17.2. The van der Waals surface area contributed by atoms with Gasteiger partial charge in [-0.25, -0.2) is 4.57 Å². The van der Waals surface area contributed by atoms with E-state index in [-0.39, 0.29) is 23.3 Å². The lowest BCUT2D eigenvalue weighted by Crippen LogP contribution is -2.16. The SMILES string of the molecule is O=[P@@]1(Oc2ccc(N(O)O)cc2)OCC[C@@H](c2cccc(Cl)c2)O1. The van der Waals surface area contributed by atoms with Gasteiger partial charge in [0.25, 0.3) is 0 Å². The number of benzene rings is 2. The largest absolute Gasteiger partial charge is 0.530 e. The van der Waals surface area contributed by atoms with E-state index >= 15 is 0 Å². The third kappa shape index (κ3) is 4.08. The van der Waals surface area contributed by atoms with Gasteiger partial charge in [0, 0.05) is 11.4 Å². The van der Waals surface area contributed by atoms with Crippen LogP contribution in [-0.2, 0) is 13.6 Å². The Morgan fingerprint density at radius 1 is 1.21 bits per heavy atom. The quantitative estimate of drug-likeness (QED) is 0.600. The van der Waals surface area contributed by atoms with Crippen LogP contribution in [0, 0.1) is 0 Å². The molecule has 0 radical (unpaired) electrons. The van der Waals surface area contributed by atoms with Crippen LogP contribution in [0.5, 0.6) is 5.75 Å². The van der Waals surface area contributed by atoms with Gasteiger partial charge in [-0.2, -0.15) is 0 Å². The van der Waals surface area contributed by atoms with Crippen LogP contribution in [0.2, 0.25) is 5.02 Å². The summed E-state index contributed by atoms with van der Waals surface area (Å²) in [6, 6.07) is 12.7. The predicted octanol–water partition coefficient (Wildman–Crippen LogP) is 4.59. The Kier molecular flexibility index (Phi) is 5.10. The summed E-state index contributed by atoms with van der Waals surface area (Å²) >= 11 is 5.97. The molecule has 2 aromatic carbocycles. The van der Waals surface area contributed by atoms with Crippen molar-refractivity contribution in [1.29, 1.82) is 0 Å². The maximum absolute atomic E-state index is 12.7. The molecule has 9 heteroatoms. The molecule has 1 aliphatic rings. The van der Waals surface area contributed by atoms with Gasteiger partial charge in [-0.15, -0.1) is 5.23 Å². The lowest BCUT2D eigenvalue weighted by atomic mass is 10.1. The summed E-state index contributed by atoms with van der Waals surface area (Å²) in [5.41, 5.74) is 0.920. The fraction of sp³-hybridized carbons (Fsp3) is 0.200. The van der Waals surface area contributed by atoms with E-state index in [1.165, 1.54) is 24.3 Å². The van der Waals surface area contributed by atoms with E-state index in [0.29, 0.717) is 11.4 Å². The molecule has 1 heterocycles. The van der Waals surface area contributed by atoms with E-state index in [9.17, 15) is 4.57 Å². The van der Waals surface area contributed by atoms with Gasteiger partial charge in [0.15, 0.2) is 0 Å². The average molecular weight is 372 g/mol. The molecule has 0 amide bonds. The summed E-state index contributed by atoms with van der Waals surface area (Å²) in [6.45, 7) is 0.216. The second-order valence-corrected chi connectivity index (χ2v) is 7.08. The number of hydrogen-bond donors (Lipinski definition) is 2. The van der Waals surface area contributed by atoms with Gasteiger partial charge in [-0.05, 0) is 42.0 Å². The Hall–Kier alpha value is -1.60. The zero-order valence-corrected chi connectivity index (χ0v) is 14.1. The minimum absolute atomic E-state index is 0.0331. The van der Waals surface area contributed by atoms with Crippen molar-refractivity contribution in [3.05, 3.63) is 59.1 Å². The maximum atomic E-state index is 12.7. The summed E-state index contributed by atoms with van der Waals surface area (Å²) < 4.78 is 28.8. The highest BCUT2D eigenvalue weighted by atomic mass is 35.5. The molecular weight excluding hydrogens is 357 g/mol. The number of phosphoric acid groups is 1. The maximum Gasteiger partial charge on any atom is 0.530 e. The van der Waals surface area contributed by atoms with Crippen molar-refractivity contribution >= 4 is 25.1 Å². The highest BCUT2D eigenvalue weighted by molar-refractivity contribution is 7.49. The molecule has 128 valence electrons. The van der Waals surface area contributed by atoms with Crippen LogP contribution in [0.15, 0.2) is 48.5 Å². The van der Waals surface area contributed by atoms with Crippen molar-refractivity contribution in [3.8, 4) is 5.75 Å². The first-order valence-corrected chi connectivity index (χ1v) is 8.95. The van der Waals surface area contributed by atoms with Crippen LogP contribution in [0.4, 0.5) is 5.69 Å². The summed E-state index contributed by atoms with van der Waals surface area (Å²) in [6.07, 6.45) is 0.0734. The van der Waals surface area contributed by atoms with Gasteiger partial charge in [0.1, 0.15) is 5.75 Å². The van der Waals surface area contributed by atoms with E-state index in [1.807, 2.05) is 6.07 Å². The second-order valence-electron chi connectivity index (χ2n) is 5.09. The molecular formula is C15H15ClNO6P. The van der Waals surface area contributed by atoms with E-state index in [2.05, 4.69) is 0 Å². The first kappa shape index (κ1) is 17.2. The minimum atomic E-state index is -3.79. The molecule has 1 aliphatic heterocycles. The molecule has 0 spiro atoms. The first-order chi connectivity index (χ1) is 11.5. The van der Waals surface area contributed by atoms with E-state index in [4.69, 9.17) is 35.6 Å². The third-order valence-corrected chi connectivity index (χ3v) is 5.07. The Morgan fingerprint density at radius 2 is 1.96 bits per heavy atom. The van der Waals surface area contributed by atoms with Gasteiger partial charge in [-0.1, -0.05) is 23.7 Å². The number of phosphoric ester groups is 1. The van der Waals surface area contributed by atoms with Gasteiger partial charge < -0.3 is 4.52 Å². The number of halogens is 1. The molecule has 0 bridgehead atoms. The molecule has 2 N–H and O–H groups in total. The molecule has 0 saturated carbocycles. The predicted molar refractivity (Wildman–Crippen MR) is 86.6 cm³/mol. The molecule has 1 saturated heterocycles. The van der Waals surface area contributed by atoms with Crippen LogP contribution in [0.1, 0.15) is 18.1 Å². The van der Waals surface area contributed by atoms with Crippen LogP contribution in [0.3, 0.4) is 0 Å². The summed E-state index contributed by atoms with van der Waals surface area (Å²) in [7, 11) is -3.79. The molecule has 7 nitrogen and oxygen atoms in total. The van der Waals surface area contributed by atoms with Crippen molar-refractivity contribution in [3.63, 3.8) is 0 Å². The zero-order valence-electron chi connectivity index (χ0n) is 12.4. The number of nitrogens with zero attached hydrogens (tertiary/aromatic N) is 1. The van der Waals surface area contributed by atoms with E-state index in [1.54, 1.807) is 18.2 Å². The van der Waals surface area contributed by atoms with Gasteiger partial charge >= 0.3 is 7.82 Å². The Bertz CT molecular complexity index is 754. The fourth-order valence-electron chi connectivity index (χ4n) is 2.26. The van der Waals surface area contributed by atoms with Crippen LogP contribution in [-0.4, -0.2) is 17.0 Å². The van der Waals surface area contributed by atoms with E-state index in [0.717, 1.165) is 5.56 Å². The Balaban J connectivity index is 1.73. The number of hydrogen-bond acceptors (Lipinski definition) is 7. The van der Waals surface area contributed by atoms with Crippen molar-refractivity contribution in [2.75, 3.05) is 11.8 Å². The minimum Gasteiger partial charge on any atom is -0.404 e. The standard InChI is InChI=1S/C15H15ClNO6P/c16-12-3-1-2-11(10-12)15-8-9-21-24(20,23-15)22-14-6-4-13(5-7-14)17(18)19/h1-7,10,15,18-19H,8-9H2/t15-,24-/m0/s1. The number of rotatable bonds is 4. The summed E-state index contributed by atoms with van der Waals surface area (Å²) in [4.78, 5) is 0. The smallest absolute Gasteiger partial charge is 0.404 e. The molecule has 2 aromatic rings. The molecule has 0 aromatic heterocycles. The van der Waals surface area contributed by atoms with E-state index < -0.39 is 13.9 Å². The lowest BCUT2D eigenvalue weighted by molar-refractivity contribution is 0.0291. The second kappa shape index (κ2) is 7.11. The van der Waals surface area contributed by atoms with Crippen LogP contribution >= 0.6 is 19.4 Å². The van der Waals surface area contributed by atoms with Crippen LogP contribution in [0.25, 0.3) is 0 Å².